The van der Waals surface area contributed by atoms with Crippen LogP contribution in [0.2, 0.25) is 0 Å². The van der Waals surface area contributed by atoms with Crippen LogP contribution in [-0.2, 0) is 4.79 Å². The van der Waals surface area contributed by atoms with Gasteiger partial charge in [0, 0.05) is 0 Å². The fourth-order valence-corrected chi connectivity index (χ4v) is 3.26. The second-order valence-corrected chi connectivity index (χ2v) is 6.12. The molecule has 0 aliphatic heterocycles. The highest BCUT2D eigenvalue weighted by atomic mass is 16.5. The van der Waals surface area contributed by atoms with E-state index >= 15 is 0 Å². The van der Waals surface area contributed by atoms with Crippen LogP contribution in [0.1, 0.15) is 46.0 Å². The Morgan fingerprint density at radius 2 is 1.75 bits per heavy atom. The van der Waals surface area contributed by atoms with Crippen molar-refractivity contribution >= 4 is 5.97 Å². The molecule has 0 spiro atoms. The lowest BCUT2D eigenvalue weighted by atomic mass is 9.71. The molecule has 1 aliphatic rings. The van der Waals surface area contributed by atoms with Crippen molar-refractivity contribution in [1.29, 1.82) is 0 Å². The molecule has 1 N–H and O–H groups in total. The molecule has 0 amide bonds. The van der Waals surface area contributed by atoms with Crippen LogP contribution in [0.25, 0.3) is 0 Å². The topological polar surface area (TPSA) is 46.5 Å². The van der Waals surface area contributed by atoms with Crippen LogP contribution < -0.4 is 4.74 Å². The fourth-order valence-electron chi connectivity index (χ4n) is 3.26. The molecule has 0 radical (unpaired) electrons. The summed E-state index contributed by atoms with van der Waals surface area (Å²) in [7, 11) is 0. The van der Waals surface area contributed by atoms with Crippen molar-refractivity contribution in [3.05, 3.63) is 30.3 Å². The predicted molar refractivity (Wildman–Crippen MR) is 78.4 cm³/mol. The second-order valence-electron chi connectivity index (χ2n) is 6.12. The summed E-state index contributed by atoms with van der Waals surface area (Å²) in [5, 5.41) is 10.8. The molecule has 3 heteroatoms. The molecule has 1 unspecified atom stereocenters. The van der Waals surface area contributed by atoms with E-state index in [1.54, 1.807) is 12.1 Å². The standard InChI is InChI=1S/C17H24O3/c1-13(2)15(17(19)11-7-4-8-12-17)16(18)20-14-9-5-3-6-10-14/h3,5-6,9-10,13,15,19H,4,7-8,11-12H2,1-2H3. The number of hydrogen-bond acceptors (Lipinski definition) is 3. The second kappa shape index (κ2) is 6.40. The molecule has 1 aromatic rings. The minimum Gasteiger partial charge on any atom is -0.426 e. The first kappa shape index (κ1) is 15.0. The molecule has 0 aromatic heterocycles. The van der Waals surface area contributed by atoms with Gasteiger partial charge in [-0.05, 0) is 30.9 Å². The van der Waals surface area contributed by atoms with Crippen molar-refractivity contribution in [2.24, 2.45) is 11.8 Å². The van der Waals surface area contributed by atoms with Gasteiger partial charge < -0.3 is 9.84 Å². The highest BCUT2D eigenvalue weighted by Crippen LogP contribution is 2.38. The number of hydrogen-bond donors (Lipinski definition) is 1. The number of carbonyl (C=O) groups is 1. The number of para-hydroxylation sites is 1. The molecule has 0 heterocycles. The van der Waals surface area contributed by atoms with Crippen LogP contribution in [0.3, 0.4) is 0 Å². The summed E-state index contributed by atoms with van der Waals surface area (Å²) in [6, 6.07) is 9.08. The highest BCUT2D eigenvalue weighted by Gasteiger charge is 2.44. The third kappa shape index (κ3) is 3.40. The summed E-state index contributed by atoms with van der Waals surface area (Å²) in [5.74, 6) is -0.157. The van der Waals surface area contributed by atoms with E-state index in [0.717, 1.165) is 19.3 Å². The Bertz CT molecular complexity index is 433. The Morgan fingerprint density at radius 3 is 2.30 bits per heavy atom. The average Bonchev–Trinajstić information content (AvgIpc) is 2.39. The van der Waals surface area contributed by atoms with E-state index in [1.807, 2.05) is 32.0 Å². The summed E-state index contributed by atoms with van der Waals surface area (Å²) in [4.78, 5) is 12.5. The lowest BCUT2D eigenvalue weighted by Crippen LogP contribution is -2.48. The molecular formula is C17H24O3. The van der Waals surface area contributed by atoms with Crippen molar-refractivity contribution in [2.75, 3.05) is 0 Å². The number of benzene rings is 1. The van der Waals surface area contributed by atoms with Crippen molar-refractivity contribution in [3.63, 3.8) is 0 Å². The molecule has 20 heavy (non-hydrogen) atoms. The number of ether oxygens (including phenoxy) is 1. The molecule has 1 saturated carbocycles. The minimum absolute atomic E-state index is 0.0642. The first-order valence-corrected chi connectivity index (χ1v) is 7.52. The number of rotatable bonds is 4. The molecule has 0 saturated heterocycles. The Morgan fingerprint density at radius 1 is 1.15 bits per heavy atom. The molecule has 1 atom stereocenters. The van der Waals surface area contributed by atoms with Gasteiger partial charge in [0.2, 0.25) is 0 Å². The van der Waals surface area contributed by atoms with E-state index in [9.17, 15) is 9.90 Å². The van der Waals surface area contributed by atoms with Crippen LogP contribution >= 0.6 is 0 Å². The summed E-state index contributed by atoms with van der Waals surface area (Å²) in [6.07, 6.45) is 4.50. The van der Waals surface area contributed by atoms with Crippen LogP contribution in [0.4, 0.5) is 0 Å². The SMILES string of the molecule is CC(C)C(C(=O)Oc1ccccc1)C1(O)CCCCC1. The van der Waals surface area contributed by atoms with Crippen LogP contribution in [0.5, 0.6) is 5.75 Å². The molecule has 110 valence electrons. The van der Waals surface area contributed by atoms with Gasteiger partial charge in [-0.2, -0.15) is 0 Å². The quantitative estimate of drug-likeness (QED) is 0.675. The third-order valence-electron chi connectivity index (χ3n) is 4.18. The van der Waals surface area contributed by atoms with Crippen molar-refractivity contribution in [2.45, 2.75) is 51.6 Å². The number of aliphatic hydroxyl groups is 1. The van der Waals surface area contributed by atoms with Crippen molar-refractivity contribution in [1.82, 2.24) is 0 Å². The zero-order chi connectivity index (χ0) is 14.6. The van der Waals surface area contributed by atoms with Gasteiger partial charge in [-0.1, -0.05) is 51.3 Å². The van der Waals surface area contributed by atoms with Crippen LogP contribution in [-0.4, -0.2) is 16.7 Å². The fraction of sp³-hybridized carbons (Fsp3) is 0.588. The normalized spacial score (nSPS) is 19.6. The first-order valence-electron chi connectivity index (χ1n) is 7.52. The Labute approximate surface area is 121 Å². The van der Waals surface area contributed by atoms with Gasteiger partial charge in [-0.3, -0.25) is 4.79 Å². The maximum Gasteiger partial charge on any atom is 0.317 e. The van der Waals surface area contributed by atoms with E-state index in [0.29, 0.717) is 18.6 Å². The van der Waals surface area contributed by atoms with E-state index in [-0.39, 0.29) is 11.9 Å². The molecule has 1 aromatic carbocycles. The summed E-state index contributed by atoms with van der Waals surface area (Å²) < 4.78 is 5.46. The number of esters is 1. The minimum atomic E-state index is -0.904. The Hall–Kier alpha value is -1.35. The van der Waals surface area contributed by atoms with Crippen molar-refractivity contribution < 1.29 is 14.6 Å². The molecule has 1 fully saturated rings. The van der Waals surface area contributed by atoms with E-state index < -0.39 is 11.5 Å². The van der Waals surface area contributed by atoms with E-state index in [1.165, 1.54) is 0 Å². The molecule has 0 bridgehead atoms. The summed E-state index contributed by atoms with van der Waals surface area (Å²) in [5.41, 5.74) is -0.904. The Kier molecular flexibility index (Phi) is 4.81. The van der Waals surface area contributed by atoms with E-state index in [2.05, 4.69) is 0 Å². The van der Waals surface area contributed by atoms with Gasteiger partial charge in [0.1, 0.15) is 5.75 Å². The van der Waals surface area contributed by atoms with Gasteiger partial charge in [0.15, 0.2) is 0 Å². The molecule has 1 aliphatic carbocycles. The molecule has 3 nitrogen and oxygen atoms in total. The lowest BCUT2D eigenvalue weighted by molar-refractivity contribution is -0.156. The molecular weight excluding hydrogens is 252 g/mol. The average molecular weight is 276 g/mol. The summed E-state index contributed by atoms with van der Waals surface area (Å²) >= 11 is 0. The predicted octanol–water partition coefficient (Wildman–Crippen LogP) is 3.56. The smallest absolute Gasteiger partial charge is 0.317 e. The zero-order valence-electron chi connectivity index (χ0n) is 12.3. The first-order chi connectivity index (χ1) is 9.53. The van der Waals surface area contributed by atoms with Gasteiger partial charge in [0.25, 0.3) is 0 Å². The maximum atomic E-state index is 12.5. The van der Waals surface area contributed by atoms with Gasteiger partial charge in [0.05, 0.1) is 11.5 Å². The Balaban J connectivity index is 2.14. The van der Waals surface area contributed by atoms with Crippen molar-refractivity contribution in [3.8, 4) is 5.75 Å². The van der Waals surface area contributed by atoms with Crippen LogP contribution in [0, 0.1) is 11.8 Å². The maximum absolute atomic E-state index is 12.5. The highest BCUT2D eigenvalue weighted by molar-refractivity contribution is 5.76. The largest absolute Gasteiger partial charge is 0.426 e. The van der Waals surface area contributed by atoms with Gasteiger partial charge in [-0.25, -0.2) is 0 Å². The lowest BCUT2D eigenvalue weighted by Gasteiger charge is -2.39. The summed E-state index contributed by atoms with van der Waals surface area (Å²) in [6.45, 7) is 3.95. The number of carbonyl (C=O) groups excluding carboxylic acids is 1. The van der Waals surface area contributed by atoms with Crippen LogP contribution in [0.15, 0.2) is 30.3 Å². The van der Waals surface area contributed by atoms with E-state index in [4.69, 9.17) is 4.74 Å². The van der Waals surface area contributed by atoms with Gasteiger partial charge >= 0.3 is 5.97 Å². The third-order valence-corrected chi connectivity index (χ3v) is 4.18. The zero-order valence-corrected chi connectivity index (χ0v) is 12.3. The monoisotopic (exact) mass is 276 g/mol. The molecule has 2 rings (SSSR count). The van der Waals surface area contributed by atoms with Gasteiger partial charge in [-0.15, -0.1) is 0 Å².